The summed E-state index contributed by atoms with van der Waals surface area (Å²) in [5.41, 5.74) is 1.44. The number of rotatable bonds is 11. The maximum absolute atomic E-state index is 15.1. The van der Waals surface area contributed by atoms with E-state index in [4.69, 9.17) is 5.26 Å². The van der Waals surface area contributed by atoms with Crippen molar-refractivity contribution in [2.24, 2.45) is 0 Å². The molecule has 2 fully saturated rings. The van der Waals surface area contributed by atoms with Crippen molar-refractivity contribution < 1.29 is 8.78 Å². The molecule has 0 amide bonds. The van der Waals surface area contributed by atoms with Crippen LogP contribution in [0.4, 0.5) is 8.78 Å². The minimum Gasteiger partial charge on any atom is -0.300 e. The molecule has 1 atom stereocenters. The minimum absolute atomic E-state index is 0.434. The molecule has 2 aliphatic carbocycles. The fourth-order valence-corrected chi connectivity index (χ4v) is 4.93. The van der Waals surface area contributed by atoms with Crippen LogP contribution in [0, 0.1) is 11.3 Å². The molecule has 2 nitrogen and oxygen atoms in total. The Balaban J connectivity index is 0.000000968. The topological polar surface area (TPSA) is 27.0 Å². The van der Waals surface area contributed by atoms with Crippen molar-refractivity contribution in [3.63, 3.8) is 0 Å². The van der Waals surface area contributed by atoms with Crippen molar-refractivity contribution in [1.29, 1.82) is 5.26 Å². The van der Waals surface area contributed by atoms with E-state index in [0.717, 1.165) is 55.5 Å². The minimum atomic E-state index is -1.21. The van der Waals surface area contributed by atoms with Crippen LogP contribution in [0.1, 0.15) is 81.5 Å². The van der Waals surface area contributed by atoms with Crippen LogP contribution < -0.4 is 0 Å². The fraction of sp³-hybridized carbons (Fsp3) is 0.552. The number of hydrogen-bond donors (Lipinski definition) is 0. The number of benzene rings is 2. The Morgan fingerprint density at radius 3 is 1.91 bits per heavy atom. The van der Waals surface area contributed by atoms with Crippen molar-refractivity contribution in [3.8, 4) is 6.07 Å². The lowest BCUT2D eigenvalue weighted by molar-refractivity contribution is 0.192. The van der Waals surface area contributed by atoms with Crippen LogP contribution in [0.15, 0.2) is 48.5 Å². The van der Waals surface area contributed by atoms with Gasteiger partial charge in [-0.25, -0.2) is 8.78 Å². The number of likely N-dealkylation sites (N-methyl/N-ethyl adjacent to an activating group) is 1. The molecule has 0 radical (unpaired) electrons. The Labute approximate surface area is 198 Å². The fourth-order valence-electron chi connectivity index (χ4n) is 4.93. The maximum Gasteiger partial charge on any atom is 0.136 e. The molecule has 1 unspecified atom stereocenters. The molecule has 0 heterocycles. The smallest absolute Gasteiger partial charge is 0.136 e. The molecular formula is C29H38F2N2. The molecule has 0 bridgehead atoms. The average Bonchev–Trinajstić information content (AvgIpc) is 3.76. The molecule has 0 spiro atoms. The van der Waals surface area contributed by atoms with Crippen molar-refractivity contribution in [2.45, 2.75) is 89.5 Å². The lowest BCUT2D eigenvalue weighted by atomic mass is 9.88. The lowest BCUT2D eigenvalue weighted by Crippen LogP contribution is -2.37. The monoisotopic (exact) mass is 452 g/mol. The molecule has 0 aromatic heterocycles. The summed E-state index contributed by atoms with van der Waals surface area (Å²) in [6.45, 7) is 7.90. The van der Waals surface area contributed by atoms with Gasteiger partial charge >= 0.3 is 0 Å². The van der Waals surface area contributed by atoms with Crippen LogP contribution in [0.5, 0.6) is 0 Å². The van der Waals surface area contributed by atoms with Gasteiger partial charge in [0.1, 0.15) is 11.3 Å². The van der Waals surface area contributed by atoms with Crippen LogP contribution in [0.25, 0.3) is 0 Å². The number of halogens is 2. The summed E-state index contributed by atoms with van der Waals surface area (Å²) in [6, 6.07) is 18.5. The van der Waals surface area contributed by atoms with Gasteiger partial charge < -0.3 is 4.90 Å². The van der Waals surface area contributed by atoms with Gasteiger partial charge in [0.15, 0.2) is 0 Å². The third kappa shape index (κ3) is 6.42. The van der Waals surface area contributed by atoms with Crippen molar-refractivity contribution in [1.82, 2.24) is 4.90 Å². The second kappa shape index (κ2) is 11.3. The van der Waals surface area contributed by atoms with Crippen LogP contribution in [0.2, 0.25) is 0 Å². The van der Waals surface area contributed by atoms with Gasteiger partial charge in [-0.2, -0.15) is 5.26 Å². The number of hydrogen-bond acceptors (Lipinski definition) is 2. The van der Waals surface area contributed by atoms with Crippen LogP contribution in [-0.2, 0) is 24.2 Å². The quantitative estimate of drug-likeness (QED) is 0.355. The Kier molecular flexibility index (Phi) is 8.65. The maximum atomic E-state index is 15.1. The van der Waals surface area contributed by atoms with Crippen LogP contribution >= 0.6 is 0 Å². The highest BCUT2D eigenvalue weighted by molar-refractivity contribution is 5.46. The summed E-state index contributed by atoms with van der Waals surface area (Å²) < 4.78 is 30.2. The second-order valence-electron chi connectivity index (χ2n) is 9.45. The normalized spacial score (nSPS) is 18.1. The summed E-state index contributed by atoms with van der Waals surface area (Å²) in [4.78, 5) is 2.54. The SMILES string of the molecule is CC#N.CCC(CCc1c(C2(F)CC2)cccc1C1(F)CC1)N(CC)CCc1ccccc1. The van der Waals surface area contributed by atoms with Gasteiger partial charge in [-0.3, -0.25) is 0 Å². The Bertz CT molecular complexity index is 890. The number of alkyl halides is 2. The molecule has 0 aliphatic heterocycles. The van der Waals surface area contributed by atoms with E-state index >= 15 is 8.78 Å². The molecule has 4 rings (SSSR count). The van der Waals surface area contributed by atoms with Crippen LogP contribution in [-0.4, -0.2) is 24.0 Å². The van der Waals surface area contributed by atoms with E-state index in [-0.39, 0.29) is 0 Å². The van der Waals surface area contributed by atoms with E-state index in [0.29, 0.717) is 31.7 Å². The first kappa shape index (κ1) is 25.4. The molecule has 2 saturated carbocycles. The van der Waals surface area contributed by atoms with Gasteiger partial charge in [-0.15, -0.1) is 0 Å². The Morgan fingerprint density at radius 2 is 1.45 bits per heavy atom. The average molecular weight is 453 g/mol. The predicted molar refractivity (Wildman–Crippen MR) is 132 cm³/mol. The van der Waals surface area contributed by atoms with Gasteiger partial charge in [0.25, 0.3) is 0 Å². The third-order valence-electron chi connectivity index (χ3n) is 7.17. The molecule has 0 saturated heterocycles. The molecule has 178 valence electrons. The highest BCUT2D eigenvalue weighted by Crippen LogP contribution is 2.56. The number of nitrogens with zero attached hydrogens (tertiary/aromatic N) is 2. The van der Waals surface area contributed by atoms with E-state index in [1.54, 1.807) is 6.07 Å². The lowest BCUT2D eigenvalue weighted by Gasteiger charge is -2.31. The Morgan fingerprint density at radius 1 is 0.909 bits per heavy atom. The molecule has 2 aliphatic rings. The van der Waals surface area contributed by atoms with Gasteiger partial charge in [0, 0.05) is 19.5 Å². The molecule has 33 heavy (non-hydrogen) atoms. The first-order chi connectivity index (χ1) is 15.9. The van der Waals surface area contributed by atoms with Gasteiger partial charge in [0.2, 0.25) is 0 Å². The molecule has 2 aromatic carbocycles. The van der Waals surface area contributed by atoms with E-state index in [9.17, 15) is 0 Å². The zero-order chi connectivity index (χ0) is 23.9. The van der Waals surface area contributed by atoms with E-state index in [2.05, 4.69) is 49.1 Å². The van der Waals surface area contributed by atoms with E-state index in [1.165, 1.54) is 12.5 Å². The van der Waals surface area contributed by atoms with Crippen LogP contribution in [0.3, 0.4) is 0 Å². The third-order valence-corrected chi connectivity index (χ3v) is 7.17. The standard InChI is InChI=1S/C27H35F2N.C2H3N/c1-3-22(30(4-2)20-15-21-9-6-5-7-10-21)13-14-23-24(26(28)16-17-26)11-8-12-25(23)27(29)18-19-27;1-2-3/h5-12,22H,3-4,13-20H2,1-2H3;1H3. The van der Waals surface area contributed by atoms with E-state index in [1.807, 2.05) is 18.2 Å². The second-order valence-corrected chi connectivity index (χ2v) is 9.45. The van der Waals surface area contributed by atoms with Crippen molar-refractivity contribution in [2.75, 3.05) is 13.1 Å². The number of nitriles is 1. The van der Waals surface area contributed by atoms with Gasteiger partial charge in [-0.1, -0.05) is 62.4 Å². The zero-order valence-corrected chi connectivity index (χ0v) is 20.4. The van der Waals surface area contributed by atoms with E-state index < -0.39 is 11.3 Å². The van der Waals surface area contributed by atoms with Crippen molar-refractivity contribution in [3.05, 3.63) is 70.8 Å². The summed E-state index contributed by atoms with van der Waals surface area (Å²) in [6.07, 6.45) is 6.14. The predicted octanol–water partition coefficient (Wildman–Crippen LogP) is 7.41. The van der Waals surface area contributed by atoms with Crippen molar-refractivity contribution >= 4 is 0 Å². The highest BCUT2D eigenvalue weighted by Gasteiger charge is 2.50. The summed E-state index contributed by atoms with van der Waals surface area (Å²) >= 11 is 0. The summed E-state index contributed by atoms with van der Waals surface area (Å²) in [5, 5.41) is 7.32. The molecule has 4 heteroatoms. The highest BCUT2D eigenvalue weighted by atomic mass is 19.1. The first-order valence-electron chi connectivity index (χ1n) is 12.5. The van der Waals surface area contributed by atoms with Gasteiger partial charge in [0.05, 0.1) is 6.07 Å². The molecular weight excluding hydrogens is 414 g/mol. The first-order valence-corrected chi connectivity index (χ1v) is 12.5. The molecule has 0 N–H and O–H groups in total. The Hall–Kier alpha value is -2.25. The van der Waals surface area contributed by atoms with Gasteiger partial charge in [-0.05, 0) is 80.2 Å². The summed E-state index contributed by atoms with van der Waals surface area (Å²) in [5.74, 6) is 0. The largest absolute Gasteiger partial charge is 0.300 e. The zero-order valence-electron chi connectivity index (χ0n) is 20.4. The summed E-state index contributed by atoms with van der Waals surface area (Å²) in [7, 11) is 0. The molecule has 2 aromatic rings.